The zero-order valence-corrected chi connectivity index (χ0v) is 11.8. The first-order valence-corrected chi connectivity index (χ1v) is 8.64. The predicted octanol–water partition coefficient (Wildman–Crippen LogP) is 1.22. The first kappa shape index (κ1) is 14.3. The normalized spacial score (nSPS) is 21.2. The van der Waals surface area contributed by atoms with Crippen LogP contribution in [0.1, 0.15) is 6.42 Å². The van der Waals surface area contributed by atoms with Gasteiger partial charge < -0.3 is 5.32 Å². The highest BCUT2D eigenvalue weighted by Crippen LogP contribution is 2.21. The van der Waals surface area contributed by atoms with Crippen LogP contribution in [0, 0.1) is 5.82 Å². The van der Waals surface area contributed by atoms with Gasteiger partial charge in [0, 0.05) is 10.9 Å². The number of halogens is 1. The van der Waals surface area contributed by atoms with Crippen molar-refractivity contribution in [1.29, 1.82) is 0 Å². The summed E-state index contributed by atoms with van der Waals surface area (Å²) in [5.74, 6) is -0.419. The van der Waals surface area contributed by atoms with E-state index in [0.717, 1.165) is 11.8 Å². The maximum atomic E-state index is 13.3. The van der Waals surface area contributed by atoms with Gasteiger partial charge in [0.15, 0.2) is 9.84 Å². The second-order valence-electron chi connectivity index (χ2n) is 4.39. The lowest BCUT2D eigenvalue weighted by molar-refractivity contribution is -0.119. The number of benzene rings is 1. The Labute approximate surface area is 115 Å². The predicted molar refractivity (Wildman–Crippen MR) is 72.3 cm³/mol. The Hall–Kier alpha value is -1.08. The molecule has 19 heavy (non-hydrogen) atoms. The smallest absolute Gasteiger partial charge is 0.230 e. The van der Waals surface area contributed by atoms with Crippen molar-refractivity contribution in [3.63, 3.8) is 0 Å². The van der Waals surface area contributed by atoms with E-state index in [0.29, 0.717) is 11.3 Å². The largest absolute Gasteiger partial charge is 0.352 e. The zero-order valence-electron chi connectivity index (χ0n) is 10.1. The van der Waals surface area contributed by atoms with E-state index in [-0.39, 0.29) is 35.0 Å². The molecule has 1 N–H and O–H groups in total. The Morgan fingerprint density at radius 1 is 1.42 bits per heavy atom. The Morgan fingerprint density at radius 3 is 2.79 bits per heavy atom. The van der Waals surface area contributed by atoms with Crippen LogP contribution in [-0.4, -0.2) is 37.6 Å². The molecule has 4 nitrogen and oxygen atoms in total. The van der Waals surface area contributed by atoms with Crippen LogP contribution in [-0.2, 0) is 14.6 Å². The molecule has 104 valence electrons. The zero-order chi connectivity index (χ0) is 13.9. The average molecular weight is 303 g/mol. The van der Waals surface area contributed by atoms with Gasteiger partial charge in [0.05, 0.1) is 17.3 Å². The minimum absolute atomic E-state index is 0.00308. The van der Waals surface area contributed by atoms with Crippen LogP contribution in [0.4, 0.5) is 4.39 Å². The number of carbonyl (C=O) groups is 1. The van der Waals surface area contributed by atoms with Crippen molar-refractivity contribution in [2.24, 2.45) is 0 Å². The van der Waals surface area contributed by atoms with Crippen LogP contribution < -0.4 is 5.32 Å². The van der Waals surface area contributed by atoms with Gasteiger partial charge >= 0.3 is 0 Å². The summed E-state index contributed by atoms with van der Waals surface area (Å²) in [6.45, 7) is 0. The molecule has 1 saturated heterocycles. The van der Waals surface area contributed by atoms with E-state index in [4.69, 9.17) is 0 Å². The molecule has 0 aliphatic carbocycles. The topological polar surface area (TPSA) is 63.2 Å². The minimum atomic E-state index is -3.00. The number of carbonyl (C=O) groups excluding carboxylic acids is 1. The van der Waals surface area contributed by atoms with Crippen LogP contribution in [0.2, 0.25) is 0 Å². The van der Waals surface area contributed by atoms with E-state index < -0.39 is 9.84 Å². The van der Waals surface area contributed by atoms with Gasteiger partial charge in [0.2, 0.25) is 5.91 Å². The van der Waals surface area contributed by atoms with E-state index in [1.807, 2.05) is 0 Å². The van der Waals surface area contributed by atoms with E-state index >= 15 is 0 Å². The molecular weight excluding hydrogens is 289 g/mol. The van der Waals surface area contributed by atoms with E-state index in [1.165, 1.54) is 6.07 Å². The number of hydrogen-bond acceptors (Lipinski definition) is 4. The molecule has 1 atom stereocenters. The molecule has 1 aliphatic rings. The lowest BCUT2D eigenvalue weighted by Crippen LogP contribution is -2.36. The molecule has 1 aromatic rings. The van der Waals surface area contributed by atoms with Crippen LogP contribution in [0.25, 0.3) is 0 Å². The maximum Gasteiger partial charge on any atom is 0.230 e. The fourth-order valence-electron chi connectivity index (χ4n) is 1.88. The first-order valence-electron chi connectivity index (χ1n) is 5.83. The van der Waals surface area contributed by atoms with Crippen molar-refractivity contribution in [3.8, 4) is 0 Å². The molecule has 0 saturated carbocycles. The van der Waals surface area contributed by atoms with Gasteiger partial charge in [-0.3, -0.25) is 4.79 Å². The maximum absolute atomic E-state index is 13.3. The van der Waals surface area contributed by atoms with Gasteiger partial charge in [0.1, 0.15) is 5.82 Å². The third kappa shape index (κ3) is 4.21. The molecule has 1 aromatic carbocycles. The summed E-state index contributed by atoms with van der Waals surface area (Å²) in [6, 6.07) is 5.92. The molecule has 0 aromatic heterocycles. The van der Waals surface area contributed by atoms with E-state index in [2.05, 4.69) is 5.32 Å². The summed E-state index contributed by atoms with van der Waals surface area (Å²) in [7, 11) is -3.00. The molecule has 0 spiro atoms. The minimum Gasteiger partial charge on any atom is -0.352 e. The highest BCUT2D eigenvalue weighted by Gasteiger charge is 2.28. The number of rotatable bonds is 4. The SMILES string of the molecule is O=C(CSc1ccccc1F)N[C@H]1CCS(=O)(=O)C1. The van der Waals surface area contributed by atoms with Gasteiger partial charge in [-0.2, -0.15) is 0 Å². The van der Waals surface area contributed by atoms with E-state index in [9.17, 15) is 17.6 Å². The molecule has 1 fully saturated rings. The van der Waals surface area contributed by atoms with Gasteiger partial charge in [-0.25, -0.2) is 12.8 Å². The molecule has 1 heterocycles. The van der Waals surface area contributed by atoms with Crippen molar-refractivity contribution < 1.29 is 17.6 Å². The summed E-state index contributed by atoms with van der Waals surface area (Å²) in [5, 5.41) is 2.66. The van der Waals surface area contributed by atoms with Crippen molar-refractivity contribution in [1.82, 2.24) is 5.32 Å². The summed E-state index contributed by atoms with van der Waals surface area (Å²) in [6.07, 6.45) is 0.457. The summed E-state index contributed by atoms with van der Waals surface area (Å²) >= 11 is 1.10. The van der Waals surface area contributed by atoms with Crippen LogP contribution >= 0.6 is 11.8 Å². The third-order valence-corrected chi connectivity index (χ3v) is 5.61. The second kappa shape index (κ2) is 5.92. The van der Waals surface area contributed by atoms with Gasteiger partial charge in [0.25, 0.3) is 0 Å². The Kier molecular flexibility index (Phi) is 4.46. The number of amides is 1. The second-order valence-corrected chi connectivity index (χ2v) is 7.63. The monoisotopic (exact) mass is 303 g/mol. The van der Waals surface area contributed by atoms with Crippen molar-refractivity contribution in [3.05, 3.63) is 30.1 Å². The molecule has 1 aliphatic heterocycles. The van der Waals surface area contributed by atoms with Gasteiger partial charge in [-0.05, 0) is 18.6 Å². The van der Waals surface area contributed by atoms with Crippen molar-refractivity contribution >= 4 is 27.5 Å². The quantitative estimate of drug-likeness (QED) is 0.850. The molecule has 0 bridgehead atoms. The van der Waals surface area contributed by atoms with Crippen molar-refractivity contribution in [2.45, 2.75) is 17.4 Å². The third-order valence-electron chi connectivity index (χ3n) is 2.79. The Bertz CT molecular complexity index is 574. The summed E-state index contributed by atoms with van der Waals surface area (Å²) in [4.78, 5) is 12.1. The lowest BCUT2D eigenvalue weighted by Gasteiger charge is -2.10. The number of thioether (sulfide) groups is 1. The van der Waals surface area contributed by atoms with Crippen LogP contribution in [0.5, 0.6) is 0 Å². The molecule has 0 unspecified atom stereocenters. The highest BCUT2D eigenvalue weighted by atomic mass is 32.2. The number of hydrogen-bond donors (Lipinski definition) is 1. The van der Waals surface area contributed by atoms with E-state index in [1.54, 1.807) is 18.2 Å². The average Bonchev–Trinajstić information content (AvgIpc) is 2.67. The molecule has 7 heteroatoms. The van der Waals surface area contributed by atoms with Gasteiger partial charge in [-0.1, -0.05) is 12.1 Å². The van der Waals surface area contributed by atoms with Crippen LogP contribution in [0.3, 0.4) is 0 Å². The molecule has 2 rings (SSSR count). The van der Waals surface area contributed by atoms with Crippen molar-refractivity contribution in [2.75, 3.05) is 17.3 Å². The standard InChI is InChI=1S/C12H14FNO3S2/c13-10-3-1-2-4-11(10)18-7-12(15)14-9-5-6-19(16,17)8-9/h1-4,9H,5-8H2,(H,14,15)/t9-/m0/s1. The lowest BCUT2D eigenvalue weighted by atomic mass is 10.3. The Balaban J connectivity index is 1.81. The molecular formula is C12H14FNO3S2. The summed E-state index contributed by atoms with van der Waals surface area (Å²) < 4.78 is 35.8. The Morgan fingerprint density at radius 2 is 2.16 bits per heavy atom. The highest BCUT2D eigenvalue weighted by molar-refractivity contribution is 8.00. The first-order chi connectivity index (χ1) is 8.96. The van der Waals surface area contributed by atoms with Crippen LogP contribution in [0.15, 0.2) is 29.2 Å². The van der Waals surface area contributed by atoms with Gasteiger partial charge in [-0.15, -0.1) is 11.8 Å². The molecule has 1 amide bonds. The molecule has 0 radical (unpaired) electrons. The summed E-state index contributed by atoms with van der Waals surface area (Å²) in [5.41, 5.74) is 0. The fraction of sp³-hybridized carbons (Fsp3) is 0.417. The number of nitrogens with one attached hydrogen (secondary N) is 1. The number of sulfone groups is 1. The fourth-order valence-corrected chi connectivity index (χ4v) is 4.31.